The van der Waals surface area contributed by atoms with Crippen LogP contribution in [0.4, 0.5) is 5.13 Å². The van der Waals surface area contributed by atoms with Gasteiger partial charge in [0.15, 0.2) is 5.13 Å². The summed E-state index contributed by atoms with van der Waals surface area (Å²) < 4.78 is 4.80. The average molecular weight is 277 g/mol. The Hall–Kier alpha value is -1.14. The fraction of sp³-hybridized carbons (Fsp3) is 0.500. The number of halogens is 1. The molecule has 0 aliphatic carbocycles. The summed E-state index contributed by atoms with van der Waals surface area (Å²) in [5.41, 5.74) is 0.592. The van der Waals surface area contributed by atoms with Crippen LogP contribution in [-0.2, 0) is 20.7 Å². The van der Waals surface area contributed by atoms with Gasteiger partial charge < -0.3 is 10.1 Å². The lowest BCUT2D eigenvalue weighted by atomic mass is 10.3. The van der Waals surface area contributed by atoms with Crippen LogP contribution in [-0.4, -0.2) is 29.3 Å². The second kappa shape index (κ2) is 7.24. The number of rotatable bonds is 6. The maximum Gasteiger partial charge on any atom is 0.311 e. The van der Waals surface area contributed by atoms with Crippen molar-refractivity contribution in [2.75, 3.05) is 17.8 Å². The molecule has 0 fully saturated rings. The van der Waals surface area contributed by atoms with Gasteiger partial charge in [0.25, 0.3) is 0 Å². The minimum Gasteiger partial charge on any atom is -0.466 e. The van der Waals surface area contributed by atoms with Crippen molar-refractivity contribution >= 4 is 39.9 Å². The van der Waals surface area contributed by atoms with E-state index in [9.17, 15) is 9.59 Å². The molecule has 1 heterocycles. The largest absolute Gasteiger partial charge is 0.466 e. The smallest absolute Gasteiger partial charge is 0.311 e. The molecule has 0 aliphatic heterocycles. The topological polar surface area (TPSA) is 68.3 Å². The molecule has 0 radical (unpaired) electrons. The van der Waals surface area contributed by atoms with E-state index < -0.39 is 0 Å². The molecule has 0 spiro atoms. The minimum atomic E-state index is -0.323. The van der Waals surface area contributed by atoms with Crippen LogP contribution >= 0.6 is 22.9 Å². The lowest BCUT2D eigenvalue weighted by Crippen LogP contribution is -2.12. The van der Waals surface area contributed by atoms with Crippen LogP contribution in [0.25, 0.3) is 0 Å². The van der Waals surface area contributed by atoms with E-state index in [1.54, 1.807) is 12.3 Å². The molecular weight excluding hydrogens is 264 g/mol. The van der Waals surface area contributed by atoms with E-state index in [-0.39, 0.29) is 30.6 Å². The van der Waals surface area contributed by atoms with Crippen LogP contribution in [0.1, 0.15) is 19.0 Å². The molecule has 0 atom stereocenters. The van der Waals surface area contributed by atoms with E-state index in [0.717, 1.165) is 0 Å². The molecule has 5 nitrogen and oxygen atoms in total. The third-order valence-corrected chi connectivity index (χ3v) is 2.75. The molecule has 0 saturated heterocycles. The summed E-state index contributed by atoms with van der Waals surface area (Å²) in [5.74, 6) is -0.235. The summed E-state index contributed by atoms with van der Waals surface area (Å²) in [7, 11) is 0. The highest BCUT2D eigenvalue weighted by Gasteiger charge is 2.09. The Bertz CT molecular complexity index is 360. The average Bonchev–Trinajstić information content (AvgIpc) is 2.66. The number of hydrogen-bond donors (Lipinski definition) is 1. The molecule has 0 saturated carbocycles. The van der Waals surface area contributed by atoms with Gasteiger partial charge in [-0.25, -0.2) is 4.98 Å². The Morgan fingerprint density at radius 2 is 2.35 bits per heavy atom. The number of amides is 1. The summed E-state index contributed by atoms with van der Waals surface area (Å²) >= 11 is 6.70. The van der Waals surface area contributed by atoms with Crippen molar-refractivity contribution in [3.63, 3.8) is 0 Å². The number of carbonyl (C=O) groups excluding carboxylic acids is 2. The maximum absolute atomic E-state index is 11.2. The predicted molar refractivity (Wildman–Crippen MR) is 66.4 cm³/mol. The van der Waals surface area contributed by atoms with E-state index in [1.807, 2.05) is 0 Å². The van der Waals surface area contributed by atoms with E-state index >= 15 is 0 Å². The van der Waals surface area contributed by atoms with Gasteiger partial charge in [-0.05, 0) is 6.92 Å². The Morgan fingerprint density at radius 1 is 1.59 bits per heavy atom. The first-order chi connectivity index (χ1) is 8.15. The van der Waals surface area contributed by atoms with Gasteiger partial charge in [-0.15, -0.1) is 22.9 Å². The van der Waals surface area contributed by atoms with E-state index in [4.69, 9.17) is 16.3 Å². The Labute approximate surface area is 108 Å². The quantitative estimate of drug-likeness (QED) is 0.636. The van der Waals surface area contributed by atoms with Crippen molar-refractivity contribution in [3.8, 4) is 0 Å². The number of hydrogen-bond acceptors (Lipinski definition) is 5. The van der Waals surface area contributed by atoms with Crippen LogP contribution in [0.5, 0.6) is 0 Å². The second-order valence-corrected chi connectivity index (χ2v) is 4.35. The van der Waals surface area contributed by atoms with Gasteiger partial charge in [0, 0.05) is 17.7 Å². The van der Waals surface area contributed by atoms with Gasteiger partial charge in [0.1, 0.15) is 0 Å². The molecule has 7 heteroatoms. The van der Waals surface area contributed by atoms with Crippen molar-refractivity contribution < 1.29 is 14.3 Å². The fourth-order valence-corrected chi connectivity index (χ4v) is 1.97. The number of ether oxygens (including phenoxy) is 1. The van der Waals surface area contributed by atoms with Crippen LogP contribution in [0, 0.1) is 0 Å². The first kappa shape index (κ1) is 13.9. The van der Waals surface area contributed by atoms with Gasteiger partial charge in [0.05, 0.1) is 18.7 Å². The number of esters is 1. The molecule has 1 aromatic heterocycles. The van der Waals surface area contributed by atoms with E-state index in [0.29, 0.717) is 17.4 Å². The van der Waals surface area contributed by atoms with E-state index in [2.05, 4.69) is 10.3 Å². The third kappa shape index (κ3) is 5.14. The summed E-state index contributed by atoms with van der Waals surface area (Å²) in [5, 5.41) is 4.79. The second-order valence-electron chi connectivity index (χ2n) is 3.11. The number of anilines is 1. The van der Waals surface area contributed by atoms with Crippen molar-refractivity contribution in [1.29, 1.82) is 0 Å². The molecule has 0 unspecified atom stereocenters. The molecule has 17 heavy (non-hydrogen) atoms. The third-order valence-electron chi connectivity index (χ3n) is 1.75. The number of carbonyl (C=O) groups is 2. The van der Waals surface area contributed by atoms with Gasteiger partial charge in [0.2, 0.25) is 5.91 Å². The molecule has 1 rings (SSSR count). The first-order valence-electron chi connectivity index (χ1n) is 5.11. The van der Waals surface area contributed by atoms with Crippen molar-refractivity contribution in [1.82, 2.24) is 4.98 Å². The molecule has 0 aliphatic rings. The number of alkyl halides is 1. The lowest BCUT2D eigenvalue weighted by molar-refractivity contribution is -0.142. The van der Waals surface area contributed by atoms with Crippen LogP contribution in [0.2, 0.25) is 0 Å². The van der Waals surface area contributed by atoms with Gasteiger partial charge in [-0.1, -0.05) is 0 Å². The molecule has 0 bridgehead atoms. The number of thiazole rings is 1. The fourth-order valence-electron chi connectivity index (χ4n) is 1.07. The summed E-state index contributed by atoms with van der Waals surface area (Å²) in [6.45, 7) is 2.10. The Balaban J connectivity index is 2.47. The predicted octanol–water partition coefficient (Wildman–Crippen LogP) is 1.82. The lowest BCUT2D eigenvalue weighted by Gasteiger charge is -1.99. The monoisotopic (exact) mass is 276 g/mol. The number of nitrogens with one attached hydrogen (secondary N) is 1. The SMILES string of the molecule is CCOC(=O)Cc1csc(NC(=O)CCCl)n1. The summed E-state index contributed by atoms with van der Waals surface area (Å²) in [6, 6.07) is 0. The zero-order chi connectivity index (χ0) is 12.7. The minimum absolute atomic E-state index is 0.121. The van der Waals surface area contributed by atoms with Crippen molar-refractivity contribution in [2.45, 2.75) is 19.8 Å². The van der Waals surface area contributed by atoms with Crippen LogP contribution in [0.3, 0.4) is 0 Å². The van der Waals surface area contributed by atoms with Crippen molar-refractivity contribution in [2.24, 2.45) is 0 Å². The van der Waals surface area contributed by atoms with E-state index in [1.165, 1.54) is 11.3 Å². The van der Waals surface area contributed by atoms with Gasteiger partial charge in [-0.3, -0.25) is 9.59 Å². The van der Waals surface area contributed by atoms with Gasteiger partial charge in [-0.2, -0.15) is 0 Å². The highest BCUT2D eigenvalue weighted by molar-refractivity contribution is 7.13. The number of nitrogens with zero attached hydrogens (tertiary/aromatic N) is 1. The molecule has 94 valence electrons. The van der Waals surface area contributed by atoms with Crippen LogP contribution in [0.15, 0.2) is 5.38 Å². The molecular formula is C10H13ClN2O3S. The van der Waals surface area contributed by atoms with Crippen molar-refractivity contribution in [3.05, 3.63) is 11.1 Å². The Kier molecular flexibility index (Phi) is 5.93. The van der Waals surface area contributed by atoms with Gasteiger partial charge >= 0.3 is 5.97 Å². The Morgan fingerprint density at radius 3 is 3.00 bits per heavy atom. The molecule has 0 aromatic carbocycles. The normalized spacial score (nSPS) is 10.0. The molecule has 1 aromatic rings. The number of aromatic nitrogens is 1. The highest BCUT2D eigenvalue weighted by atomic mass is 35.5. The standard InChI is InChI=1S/C10H13ClN2O3S/c1-2-16-9(15)5-7-6-17-10(12-7)13-8(14)3-4-11/h6H,2-5H2,1H3,(H,12,13,14). The summed E-state index contributed by atoms with van der Waals surface area (Å²) in [4.78, 5) is 26.5. The highest BCUT2D eigenvalue weighted by Crippen LogP contribution is 2.16. The maximum atomic E-state index is 11.2. The molecule has 1 amide bonds. The first-order valence-corrected chi connectivity index (χ1v) is 6.53. The zero-order valence-electron chi connectivity index (χ0n) is 9.36. The van der Waals surface area contributed by atoms with Crippen LogP contribution < -0.4 is 5.32 Å². The zero-order valence-corrected chi connectivity index (χ0v) is 10.9. The molecule has 1 N–H and O–H groups in total. The summed E-state index contributed by atoms with van der Waals surface area (Å²) in [6.07, 6.45) is 0.365.